The van der Waals surface area contributed by atoms with Crippen molar-refractivity contribution in [3.05, 3.63) is 42.0 Å². The Bertz CT molecular complexity index is 1240. The molecule has 7 amide bonds. The Morgan fingerprint density at radius 2 is 1.59 bits per heavy atom. The number of nitrogens with one attached hydrogen (secondary N) is 4. The molecule has 0 saturated heterocycles. The molecule has 1 heterocycles. The molecule has 15 heteroatoms. The highest BCUT2D eigenvalue weighted by molar-refractivity contribution is 6.13. The zero-order chi connectivity index (χ0) is 32.9. The van der Waals surface area contributed by atoms with Crippen LogP contribution in [0.15, 0.2) is 36.4 Å². The Morgan fingerprint density at radius 1 is 0.955 bits per heavy atom. The van der Waals surface area contributed by atoms with Crippen molar-refractivity contribution in [2.24, 2.45) is 16.9 Å². The van der Waals surface area contributed by atoms with Crippen LogP contribution in [0.25, 0.3) is 0 Å². The van der Waals surface area contributed by atoms with Gasteiger partial charge in [-0.05, 0) is 51.3 Å². The number of hydrogen-bond donors (Lipinski definition) is 6. The monoisotopic (exact) mass is 615 g/mol. The highest BCUT2D eigenvalue weighted by Gasteiger charge is 2.28. The first kappa shape index (κ1) is 35.2. The Hall–Kier alpha value is -4.95. The van der Waals surface area contributed by atoms with Gasteiger partial charge in [0.05, 0.1) is 11.8 Å². The lowest BCUT2D eigenvalue weighted by Gasteiger charge is -2.24. The Labute approximate surface area is 255 Å². The fourth-order valence-electron chi connectivity index (χ4n) is 3.95. The predicted octanol–water partition coefficient (Wildman–Crippen LogP) is -0.204. The van der Waals surface area contributed by atoms with Gasteiger partial charge in [0.15, 0.2) is 0 Å². The van der Waals surface area contributed by atoms with E-state index in [1.807, 2.05) is 0 Å². The third kappa shape index (κ3) is 12.5. The first-order chi connectivity index (χ1) is 20.6. The molecular formula is C29H41N7O8. The van der Waals surface area contributed by atoms with Gasteiger partial charge in [0.2, 0.25) is 17.7 Å². The number of ether oxygens (including phenoxy) is 1. The first-order valence-electron chi connectivity index (χ1n) is 14.1. The minimum Gasteiger partial charge on any atom is -0.460 e. The molecule has 1 aliphatic rings. The lowest BCUT2D eigenvalue weighted by molar-refractivity contribution is -0.154. The number of rotatable bonds is 17. The average Bonchev–Trinajstić information content (AvgIpc) is 3.26. The van der Waals surface area contributed by atoms with Crippen molar-refractivity contribution in [1.29, 1.82) is 0 Å². The minimum atomic E-state index is -1.30. The number of benzene rings is 1. The second kappa shape index (κ2) is 16.6. The molecule has 15 nitrogen and oxygen atoms in total. The molecule has 1 aromatic rings. The molecule has 8 N–H and O–H groups in total. The van der Waals surface area contributed by atoms with Crippen LogP contribution in [0, 0.1) is 5.41 Å². The van der Waals surface area contributed by atoms with Gasteiger partial charge in [-0.15, -0.1) is 0 Å². The lowest BCUT2D eigenvalue weighted by atomic mass is 9.97. The van der Waals surface area contributed by atoms with Gasteiger partial charge >= 0.3 is 12.0 Å². The van der Waals surface area contributed by atoms with E-state index in [2.05, 4.69) is 21.3 Å². The van der Waals surface area contributed by atoms with E-state index in [1.165, 1.54) is 0 Å². The largest absolute Gasteiger partial charge is 0.460 e. The van der Waals surface area contributed by atoms with Crippen LogP contribution < -0.4 is 32.7 Å². The van der Waals surface area contributed by atoms with Gasteiger partial charge in [0.25, 0.3) is 11.8 Å². The van der Waals surface area contributed by atoms with E-state index in [0.717, 1.165) is 22.6 Å². The molecule has 0 fully saturated rings. The zero-order valence-corrected chi connectivity index (χ0v) is 25.1. The SMILES string of the molecule is CC(C)(C)C(=O)OCc1ccc(NC[C@H](CCCNC(N)=O)NC(=O)[C@H](CC(N)=O)NC(=O)CCN2C(=O)C=CC2=O)cc1. The molecular weight excluding hydrogens is 574 g/mol. The van der Waals surface area contributed by atoms with Gasteiger partial charge in [0, 0.05) is 49.9 Å². The number of anilines is 1. The molecule has 240 valence electrons. The number of nitrogens with zero attached hydrogens (tertiary/aromatic N) is 1. The number of carbonyl (C=O) groups excluding carboxylic acids is 7. The second-order valence-electron chi connectivity index (χ2n) is 11.2. The number of urea groups is 1. The third-order valence-corrected chi connectivity index (χ3v) is 6.38. The van der Waals surface area contributed by atoms with E-state index in [0.29, 0.717) is 18.5 Å². The zero-order valence-electron chi connectivity index (χ0n) is 25.1. The van der Waals surface area contributed by atoms with E-state index in [-0.39, 0.29) is 38.6 Å². The molecule has 0 radical (unpaired) electrons. The van der Waals surface area contributed by atoms with Crippen LogP contribution in [-0.4, -0.2) is 78.2 Å². The molecule has 0 spiro atoms. The van der Waals surface area contributed by atoms with Crippen LogP contribution >= 0.6 is 0 Å². The van der Waals surface area contributed by atoms with Gasteiger partial charge in [-0.2, -0.15) is 0 Å². The van der Waals surface area contributed by atoms with E-state index >= 15 is 0 Å². The van der Waals surface area contributed by atoms with E-state index in [9.17, 15) is 33.6 Å². The van der Waals surface area contributed by atoms with Gasteiger partial charge in [-0.25, -0.2) is 4.79 Å². The highest BCUT2D eigenvalue weighted by atomic mass is 16.5. The van der Waals surface area contributed by atoms with Crippen LogP contribution in [0.2, 0.25) is 0 Å². The summed E-state index contributed by atoms with van der Waals surface area (Å²) in [7, 11) is 0. The van der Waals surface area contributed by atoms with Gasteiger partial charge in [-0.1, -0.05) is 12.1 Å². The van der Waals surface area contributed by atoms with Crippen molar-refractivity contribution in [2.75, 3.05) is 25.0 Å². The van der Waals surface area contributed by atoms with Gasteiger partial charge in [-0.3, -0.25) is 33.7 Å². The maximum absolute atomic E-state index is 13.2. The van der Waals surface area contributed by atoms with E-state index < -0.39 is 59.5 Å². The topological polar surface area (TPSA) is 232 Å². The number of primary amides is 2. The molecule has 0 unspecified atom stereocenters. The van der Waals surface area contributed by atoms with E-state index in [1.54, 1.807) is 45.0 Å². The maximum Gasteiger partial charge on any atom is 0.312 e. The van der Waals surface area contributed by atoms with Gasteiger partial charge < -0.3 is 37.5 Å². The number of nitrogens with two attached hydrogens (primary N) is 2. The van der Waals surface area contributed by atoms with Crippen molar-refractivity contribution >= 4 is 47.2 Å². The van der Waals surface area contributed by atoms with Crippen molar-refractivity contribution < 1.29 is 38.3 Å². The van der Waals surface area contributed by atoms with Crippen molar-refractivity contribution in [2.45, 2.75) is 65.1 Å². The van der Waals surface area contributed by atoms with Crippen LogP contribution in [0.3, 0.4) is 0 Å². The lowest BCUT2D eigenvalue weighted by Crippen LogP contribution is -2.52. The van der Waals surface area contributed by atoms with E-state index in [4.69, 9.17) is 16.2 Å². The Kier molecular flexibility index (Phi) is 13.3. The number of imide groups is 1. The van der Waals surface area contributed by atoms with Crippen LogP contribution in [0.5, 0.6) is 0 Å². The summed E-state index contributed by atoms with van der Waals surface area (Å²) in [5.41, 5.74) is 11.3. The number of amides is 7. The number of hydrogen-bond acceptors (Lipinski definition) is 9. The highest BCUT2D eigenvalue weighted by Crippen LogP contribution is 2.17. The number of esters is 1. The molecule has 0 aromatic heterocycles. The molecule has 0 bridgehead atoms. The molecule has 1 aromatic carbocycles. The summed E-state index contributed by atoms with van der Waals surface area (Å²) in [4.78, 5) is 84.7. The van der Waals surface area contributed by atoms with Crippen molar-refractivity contribution in [3.63, 3.8) is 0 Å². The third-order valence-electron chi connectivity index (χ3n) is 6.38. The first-order valence-corrected chi connectivity index (χ1v) is 14.1. The summed E-state index contributed by atoms with van der Waals surface area (Å²) in [6.07, 6.45) is 2.27. The Morgan fingerprint density at radius 3 is 2.16 bits per heavy atom. The standard InChI is InChI=1S/C29H41N7O8/c1-29(2,3)27(42)44-17-18-6-8-19(9-7-18)33-16-20(5-4-13-32-28(31)43)34-26(41)21(15-22(30)37)35-23(38)12-14-36-24(39)10-11-25(36)40/h6-11,20-21,33H,4-5,12-17H2,1-3H3,(H2,30,37)(H,34,41)(H,35,38)(H3,31,32,43)/t20-,21-/m0/s1. The quantitative estimate of drug-likeness (QED) is 0.0772. The summed E-state index contributed by atoms with van der Waals surface area (Å²) in [6.45, 7) is 5.73. The molecule has 2 atom stereocenters. The average molecular weight is 616 g/mol. The summed E-state index contributed by atoms with van der Waals surface area (Å²) < 4.78 is 5.33. The van der Waals surface area contributed by atoms with Gasteiger partial charge in [0.1, 0.15) is 12.6 Å². The van der Waals surface area contributed by atoms with Crippen LogP contribution in [0.4, 0.5) is 10.5 Å². The number of carbonyl (C=O) groups is 7. The van der Waals surface area contributed by atoms with Crippen LogP contribution in [-0.2, 0) is 40.1 Å². The molecule has 44 heavy (non-hydrogen) atoms. The summed E-state index contributed by atoms with van der Waals surface area (Å²) in [5.74, 6) is -3.56. The van der Waals surface area contributed by atoms with Crippen molar-refractivity contribution in [1.82, 2.24) is 20.9 Å². The fraction of sp³-hybridized carbons (Fsp3) is 0.483. The summed E-state index contributed by atoms with van der Waals surface area (Å²) in [5, 5.41) is 10.9. The fourth-order valence-corrected chi connectivity index (χ4v) is 3.95. The Balaban J connectivity index is 2.00. The molecule has 0 saturated carbocycles. The smallest absolute Gasteiger partial charge is 0.312 e. The summed E-state index contributed by atoms with van der Waals surface area (Å²) >= 11 is 0. The molecule has 2 rings (SSSR count). The molecule has 0 aliphatic carbocycles. The maximum atomic E-state index is 13.2. The minimum absolute atomic E-state index is 0.121. The van der Waals surface area contributed by atoms with Crippen LogP contribution in [0.1, 0.15) is 52.0 Å². The normalized spacial score (nSPS) is 14.0. The second-order valence-corrected chi connectivity index (χ2v) is 11.2. The molecule has 1 aliphatic heterocycles. The predicted molar refractivity (Wildman–Crippen MR) is 159 cm³/mol. The van der Waals surface area contributed by atoms with Crippen molar-refractivity contribution in [3.8, 4) is 0 Å². The summed E-state index contributed by atoms with van der Waals surface area (Å²) in [6, 6.07) is 4.66.